The fourth-order valence-corrected chi connectivity index (χ4v) is 3.09. The zero-order valence-electron chi connectivity index (χ0n) is 12.8. The van der Waals surface area contributed by atoms with Gasteiger partial charge in [-0.05, 0) is 25.5 Å². The summed E-state index contributed by atoms with van der Waals surface area (Å²) in [6.07, 6.45) is 6.56. The monoisotopic (exact) mass is 346 g/mol. The number of rotatable bonds is 3. The van der Waals surface area contributed by atoms with E-state index in [1.165, 1.54) is 6.20 Å². The Morgan fingerprint density at radius 1 is 1.29 bits per heavy atom. The van der Waals surface area contributed by atoms with Crippen LogP contribution in [0.5, 0.6) is 0 Å². The van der Waals surface area contributed by atoms with E-state index in [0.29, 0.717) is 16.5 Å². The van der Waals surface area contributed by atoms with E-state index < -0.39 is 5.82 Å². The van der Waals surface area contributed by atoms with E-state index in [-0.39, 0.29) is 11.9 Å². The van der Waals surface area contributed by atoms with Crippen LogP contribution in [-0.4, -0.2) is 39.1 Å². The molecule has 0 unspecified atom stereocenters. The van der Waals surface area contributed by atoms with Crippen molar-refractivity contribution in [2.45, 2.75) is 18.9 Å². The van der Waals surface area contributed by atoms with Gasteiger partial charge in [-0.15, -0.1) is 0 Å². The molecule has 3 N–H and O–H groups in total. The molecular weight excluding hydrogens is 331 g/mol. The molecule has 1 aliphatic rings. The average molecular weight is 347 g/mol. The van der Waals surface area contributed by atoms with Crippen molar-refractivity contribution in [2.75, 3.05) is 18.4 Å². The molecule has 4 heterocycles. The number of aromatic amines is 1. The lowest BCUT2D eigenvalue weighted by Gasteiger charge is -2.24. The van der Waals surface area contributed by atoms with Crippen LogP contribution < -0.4 is 10.6 Å². The van der Waals surface area contributed by atoms with Crippen molar-refractivity contribution >= 4 is 28.5 Å². The van der Waals surface area contributed by atoms with Gasteiger partial charge in [-0.1, -0.05) is 11.6 Å². The van der Waals surface area contributed by atoms with Gasteiger partial charge in [0.05, 0.1) is 11.2 Å². The van der Waals surface area contributed by atoms with E-state index in [1.54, 1.807) is 18.5 Å². The molecule has 124 valence electrons. The molecule has 1 atom stereocenters. The van der Waals surface area contributed by atoms with Crippen LogP contribution in [0.3, 0.4) is 0 Å². The van der Waals surface area contributed by atoms with Crippen molar-refractivity contribution < 1.29 is 4.39 Å². The molecule has 1 saturated heterocycles. The van der Waals surface area contributed by atoms with Crippen LogP contribution in [0.1, 0.15) is 12.8 Å². The minimum Gasteiger partial charge on any atom is -0.364 e. The first-order chi connectivity index (χ1) is 11.7. The largest absolute Gasteiger partial charge is 0.364 e. The zero-order valence-corrected chi connectivity index (χ0v) is 13.6. The molecule has 0 radical (unpaired) electrons. The van der Waals surface area contributed by atoms with Crippen LogP contribution in [0.15, 0.2) is 24.7 Å². The number of nitrogens with zero attached hydrogens (tertiary/aromatic N) is 3. The predicted molar refractivity (Wildman–Crippen MR) is 91.6 cm³/mol. The van der Waals surface area contributed by atoms with Gasteiger partial charge in [-0.3, -0.25) is 0 Å². The van der Waals surface area contributed by atoms with Gasteiger partial charge in [0.1, 0.15) is 5.65 Å². The Labute approximate surface area is 142 Å². The average Bonchev–Trinajstić information content (AvgIpc) is 3.01. The SMILES string of the molecule is Fc1cnc(-c2c[nH]c3ncc(Cl)cc23)nc1N[C@@H]1CCCNC1. The van der Waals surface area contributed by atoms with Crippen LogP contribution >= 0.6 is 11.6 Å². The summed E-state index contributed by atoms with van der Waals surface area (Å²) < 4.78 is 14.1. The Hall–Kier alpha value is -2.25. The minimum atomic E-state index is -0.458. The molecule has 3 aromatic rings. The molecule has 0 aromatic carbocycles. The minimum absolute atomic E-state index is 0.162. The van der Waals surface area contributed by atoms with Gasteiger partial charge >= 0.3 is 0 Å². The fourth-order valence-electron chi connectivity index (χ4n) is 2.93. The number of fused-ring (bicyclic) bond motifs is 1. The van der Waals surface area contributed by atoms with Crippen LogP contribution in [-0.2, 0) is 0 Å². The topological polar surface area (TPSA) is 78.5 Å². The molecular formula is C16H16ClFN6. The summed E-state index contributed by atoms with van der Waals surface area (Å²) in [7, 11) is 0. The Kier molecular flexibility index (Phi) is 4.03. The van der Waals surface area contributed by atoms with Gasteiger partial charge in [0, 0.05) is 35.9 Å². The molecule has 6 nitrogen and oxygen atoms in total. The molecule has 3 aromatic heterocycles. The number of pyridine rings is 1. The first-order valence-electron chi connectivity index (χ1n) is 7.83. The number of anilines is 1. The van der Waals surface area contributed by atoms with Gasteiger partial charge in [0.2, 0.25) is 0 Å². The van der Waals surface area contributed by atoms with E-state index in [1.807, 2.05) is 0 Å². The molecule has 24 heavy (non-hydrogen) atoms. The Morgan fingerprint density at radius 2 is 2.21 bits per heavy atom. The maximum absolute atomic E-state index is 14.1. The van der Waals surface area contributed by atoms with E-state index in [4.69, 9.17) is 11.6 Å². The maximum atomic E-state index is 14.1. The highest BCUT2D eigenvalue weighted by molar-refractivity contribution is 6.31. The third kappa shape index (κ3) is 2.92. The summed E-state index contributed by atoms with van der Waals surface area (Å²) in [5.74, 6) is 0.191. The Morgan fingerprint density at radius 3 is 3.04 bits per heavy atom. The number of aromatic nitrogens is 4. The summed E-state index contributed by atoms with van der Waals surface area (Å²) in [5, 5.41) is 7.79. The quantitative estimate of drug-likeness (QED) is 0.679. The van der Waals surface area contributed by atoms with Gasteiger partial charge in [0.25, 0.3) is 0 Å². The molecule has 0 amide bonds. The van der Waals surface area contributed by atoms with E-state index >= 15 is 0 Å². The highest BCUT2D eigenvalue weighted by atomic mass is 35.5. The van der Waals surface area contributed by atoms with E-state index in [9.17, 15) is 4.39 Å². The standard InChI is InChI=1S/C16H16ClFN6/c17-9-4-11-12(7-21-14(11)20-5-9)15-22-8-13(18)16(24-15)23-10-2-1-3-19-6-10/h4-5,7-8,10,19H,1-3,6H2,(H,20,21)(H,22,23,24)/t10-/m1/s1. The molecule has 8 heteroatoms. The number of H-pyrrole nitrogens is 1. The van der Waals surface area contributed by atoms with Crippen LogP contribution in [0.4, 0.5) is 10.2 Å². The lowest BCUT2D eigenvalue weighted by Crippen LogP contribution is -2.38. The van der Waals surface area contributed by atoms with E-state index in [2.05, 4.69) is 30.6 Å². The van der Waals surface area contributed by atoms with Crippen LogP contribution in [0.2, 0.25) is 5.02 Å². The normalized spacial score (nSPS) is 18.0. The summed E-state index contributed by atoms with van der Waals surface area (Å²) in [6.45, 7) is 1.80. The number of piperidine rings is 1. The smallest absolute Gasteiger partial charge is 0.183 e. The molecule has 1 fully saturated rings. The number of halogens is 2. The third-order valence-corrected chi connectivity index (χ3v) is 4.33. The highest BCUT2D eigenvalue weighted by Gasteiger charge is 2.17. The Bertz CT molecular complexity index is 874. The van der Waals surface area contributed by atoms with Crippen molar-refractivity contribution in [1.29, 1.82) is 0 Å². The molecule has 0 spiro atoms. The number of hydrogen-bond donors (Lipinski definition) is 3. The molecule has 0 saturated carbocycles. The zero-order chi connectivity index (χ0) is 16.5. The van der Waals surface area contributed by atoms with Crippen LogP contribution in [0, 0.1) is 5.82 Å². The van der Waals surface area contributed by atoms with Crippen LogP contribution in [0.25, 0.3) is 22.4 Å². The second-order valence-corrected chi connectivity index (χ2v) is 6.27. The third-order valence-electron chi connectivity index (χ3n) is 4.12. The first-order valence-corrected chi connectivity index (χ1v) is 8.21. The van der Waals surface area contributed by atoms with Gasteiger partial charge in [0.15, 0.2) is 17.5 Å². The number of hydrogen-bond acceptors (Lipinski definition) is 5. The molecule has 4 rings (SSSR count). The maximum Gasteiger partial charge on any atom is 0.183 e. The first kappa shape index (κ1) is 15.3. The molecule has 0 bridgehead atoms. The van der Waals surface area contributed by atoms with Crippen molar-refractivity contribution in [1.82, 2.24) is 25.3 Å². The fraction of sp³-hybridized carbons (Fsp3) is 0.312. The summed E-state index contributed by atoms with van der Waals surface area (Å²) in [5.41, 5.74) is 1.43. The van der Waals surface area contributed by atoms with E-state index in [0.717, 1.165) is 36.9 Å². The van der Waals surface area contributed by atoms with Gasteiger partial charge in [-0.25, -0.2) is 19.3 Å². The lowest BCUT2D eigenvalue weighted by atomic mass is 10.1. The van der Waals surface area contributed by atoms with Gasteiger partial charge < -0.3 is 15.6 Å². The summed E-state index contributed by atoms with van der Waals surface area (Å²) in [4.78, 5) is 15.8. The summed E-state index contributed by atoms with van der Waals surface area (Å²) in [6, 6.07) is 1.95. The number of nitrogens with one attached hydrogen (secondary N) is 3. The van der Waals surface area contributed by atoms with Crippen molar-refractivity contribution in [2.24, 2.45) is 0 Å². The second kappa shape index (κ2) is 6.33. The van der Waals surface area contributed by atoms with Crippen molar-refractivity contribution in [3.63, 3.8) is 0 Å². The highest BCUT2D eigenvalue weighted by Crippen LogP contribution is 2.28. The predicted octanol–water partition coefficient (Wildman–Crippen LogP) is 2.98. The Balaban J connectivity index is 1.70. The van der Waals surface area contributed by atoms with Crippen molar-refractivity contribution in [3.8, 4) is 11.4 Å². The molecule has 0 aliphatic carbocycles. The van der Waals surface area contributed by atoms with Crippen molar-refractivity contribution in [3.05, 3.63) is 35.5 Å². The second-order valence-electron chi connectivity index (χ2n) is 5.83. The summed E-state index contributed by atoms with van der Waals surface area (Å²) >= 11 is 6.02. The van der Waals surface area contributed by atoms with Gasteiger partial charge in [-0.2, -0.15) is 0 Å². The molecule has 1 aliphatic heterocycles. The lowest BCUT2D eigenvalue weighted by molar-refractivity contribution is 0.476.